The van der Waals surface area contributed by atoms with Gasteiger partial charge >= 0.3 is 0 Å². The van der Waals surface area contributed by atoms with Gasteiger partial charge in [0.05, 0.1) is 4.90 Å². The summed E-state index contributed by atoms with van der Waals surface area (Å²) in [5.74, 6) is 0. The summed E-state index contributed by atoms with van der Waals surface area (Å²) < 4.78 is 25.3. The molecule has 0 spiro atoms. The van der Waals surface area contributed by atoms with E-state index in [9.17, 15) is 8.42 Å². The van der Waals surface area contributed by atoms with E-state index in [1.165, 1.54) is 28.2 Å². The van der Waals surface area contributed by atoms with Crippen LogP contribution in [0, 0.1) is 6.92 Å². The Morgan fingerprint density at radius 2 is 1.95 bits per heavy atom. The predicted molar refractivity (Wildman–Crippen MR) is 83.7 cm³/mol. The van der Waals surface area contributed by atoms with Crippen molar-refractivity contribution in [3.05, 3.63) is 46.2 Å². The van der Waals surface area contributed by atoms with E-state index in [0.717, 1.165) is 5.69 Å². The molecule has 0 fully saturated rings. The van der Waals surface area contributed by atoms with Crippen LogP contribution in [0.2, 0.25) is 0 Å². The molecule has 0 bridgehead atoms. The van der Waals surface area contributed by atoms with Crippen molar-refractivity contribution in [1.29, 1.82) is 0 Å². The lowest BCUT2D eigenvalue weighted by Gasteiger charge is -2.12. The number of sulfonamides is 1. The molecule has 2 aromatic rings. The maximum absolute atomic E-state index is 12.1. The molecule has 0 aliphatic carbocycles. The molecule has 0 atom stereocenters. The van der Waals surface area contributed by atoms with Gasteiger partial charge in [0.2, 0.25) is 10.0 Å². The topological polar surface area (TPSA) is 49.4 Å². The molecule has 0 saturated heterocycles. The van der Waals surface area contributed by atoms with Gasteiger partial charge in [-0.15, -0.1) is 11.3 Å². The van der Waals surface area contributed by atoms with Crippen molar-refractivity contribution < 1.29 is 8.42 Å². The van der Waals surface area contributed by atoms with Crippen LogP contribution in [0.15, 0.2) is 41.3 Å². The molecule has 0 aliphatic heterocycles. The Morgan fingerprint density at radius 1 is 1.20 bits per heavy atom. The van der Waals surface area contributed by atoms with Crippen LogP contribution in [-0.2, 0) is 16.6 Å². The van der Waals surface area contributed by atoms with Crippen LogP contribution in [0.1, 0.15) is 9.75 Å². The van der Waals surface area contributed by atoms with Gasteiger partial charge in [-0.2, -0.15) is 0 Å². The third-order valence-corrected chi connectivity index (χ3v) is 5.69. The largest absolute Gasteiger partial charge is 0.380 e. The van der Waals surface area contributed by atoms with Gasteiger partial charge in [-0.3, -0.25) is 0 Å². The molecule has 0 saturated carbocycles. The molecule has 4 nitrogen and oxygen atoms in total. The van der Waals surface area contributed by atoms with E-state index in [2.05, 4.69) is 24.4 Å². The molecule has 0 aliphatic rings. The zero-order valence-electron chi connectivity index (χ0n) is 11.8. The fourth-order valence-corrected chi connectivity index (χ4v) is 3.52. The maximum Gasteiger partial charge on any atom is 0.242 e. The minimum atomic E-state index is -3.38. The minimum absolute atomic E-state index is 0.301. The Bertz CT molecular complexity index is 691. The van der Waals surface area contributed by atoms with E-state index in [1.54, 1.807) is 29.5 Å². The lowest BCUT2D eigenvalue weighted by Crippen LogP contribution is -2.22. The second-order valence-electron chi connectivity index (χ2n) is 4.68. The second kappa shape index (κ2) is 5.95. The first-order chi connectivity index (χ1) is 9.39. The number of aryl methyl sites for hydroxylation is 1. The molecule has 6 heteroatoms. The first kappa shape index (κ1) is 15.0. The summed E-state index contributed by atoms with van der Waals surface area (Å²) in [6.07, 6.45) is 0. The molecular weight excluding hydrogens is 292 g/mol. The summed E-state index contributed by atoms with van der Waals surface area (Å²) in [4.78, 5) is 2.80. The van der Waals surface area contributed by atoms with Crippen LogP contribution in [-0.4, -0.2) is 26.8 Å². The number of benzene rings is 1. The van der Waals surface area contributed by atoms with Crippen LogP contribution in [0.5, 0.6) is 0 Å². The monoisotopic (exact) mass is 310 g/mol. The number of hydrogen-bond donors (Lipinski definition) is 1. The molecule has 1 N–H and O–H groups in total. The van der Waals surface area contributed by atoms with Gasteiger partial charge in [0.25, 0.3) is 0 Å². The van der Waals surface area contributed by atoms with Crippen molar-refractivity contribution in [2.75, 3.05) is 19.4 Å². The van der Waals surface area contributed by atoms with Crippen molar-refractivity contribution in [3.8, 4) is 0 Å². The summed E-state index contributed by atoms with van der Waals surface area (Å²) in [5, 5.41) is 3.25. The van der Waals surface area contributed by atoms with E-state index in [0.29, 0.717) is 11.4 Å². The fraction of sp³-hybridized carbons (Fsp3) is 0.286. The summed E-state index contributed by atoms with van der Waals surface area (Å²) in [5.41, 5.74) is 0.805. The molecular formula is C14H18N2O2S2. The highest BCUT2D eigenvalue weighted by molar-refractivity contribution is 7.89. The molecule has 1 heterocycles. The minimum Gasteiger partial charge on any atom is -0.380 e. The average molecular weight is 310 g/mol. The number of nitrogens with one attached hydrogen (secondary N) is 1. The van der Waals surface area contributed by atoms with Crippen LogP contribution in [0.4, 0.5) is 5.69 Å². The summed E-state index contributed by atoms with van der Waals surface area (Å²) >= 11 is 1.73. The molecule has 1 aromatic heterocycles. The van der Waals surface area contributed by atoms with Crippen molar-refractivity contribution in [2.24, 2.45) is 0 Å². The Hall–Kier alpha value is -1.37. The van der Waals surface area contributed by atoms with E-state index in [-0.39, 0.29) is 0 Å². The summed E-state index contributed by atoms with van der Waals surface area (Å²) in [6, 6.07) is 11.0. The standard InChI is InChI=1S/C14H18N2O2S2/c1-11-7-8-13(19-11)10-15-12-5-4-6-14(9-12)20(17,18)16(2)3/h4-9,15H,10H2,1-3H3. The third kappa shape index (κ3) is 3.39. The molecule has 108 valence electrons. The highest BCUT2D eigenvalue weighted by Gasteiger charge is 2.17. The van der Waals surface area contributed by atoms with Crippen LogP contribution in [0.3, 0.4) is 0 Å². The highest BCUT2D eigenvalue weighted by Crippen LogP contribution is 2.20. The number of hydrogen-bond acceptors (Lipinski definition) is 4. The van der Waals surface area contributed by atoms with Crippen molar-refractivity contribution in [3.63, 3.8) is 0 Å². The quantitative estimate of drug-likeness (QED) is 0.924. The molecule has 0 radical (unpaired) electrons. The van der Waals surface area contributed by atoms with Crippen molar-refractivity contribution >= 4 is 27.0 Å². The number of nitrogens with zero attached hydrogens (tertiary/aromatic N) is 1. The van der Waals surface area contributed by atoms with Gasteiger partial charge < -0.3 is 5.32 Å². The zero-order chi connectivity index (χ0) is 14.8. The number of anilines is 1. The Kier molecular flexibility index (Phi) is 4.47. The molecule has 2 rings (SSSR count). The van der Waals surface area contributed by atoms with Crippen LogP contribution in [0.25, 0.3) is 0 Å². The summed E-state index contributed by atoms with van der Waals surface area (Å²) in [7, 11) is -0.319. The first-order valence-corrected chi connectivity index (χ1v) is 8.47. The van der Waals surface area contributed by atoms with Gasteiger partial charge in [-0.25, -0.2) is 12.7 Å². The molecule has 0 amide bonds. The van der Waals surface area contributed by atoms with E-state index >= 15 is 0 Å². The Labute approximate surface area is 124 Å². The number of thiophene rings is 1. The van der Waals surface area contributed by atoms with Gasteiger partial charge in [0.1, 0.15) is 0 Å². The van der Waals surface area contributed by atoms with Gasteiger partial charge in [0, 0.05) is 36.1 Å². The van der Waals surface area contributed by atoms with Crippen LogP contribution < -0.4 is 5.32 Å². The van der Waals surface area contributed by atoms with Crippen molar-refractivity contribution in [2.45, 2.75) is 18.4 Å². The van der Waals surface area contributed by atoms with E-state index < -0.39 is 10.0 Å². The Morgan fingerprint density at radius 3 is 2.55 bits per heavy atom. The molecule has 0 unspecified atom stereocenters. The molecule has 1 aromatic carbocycles. The van der Waals surface area contributed by atoms with Gasteiger partial charge in [-0.05, 0) is 37.3 Å². The average Bonchev–Trinajstić information content (AvgIpc) is 2.82. The van der Waals surface area contributed by atoms with Crippen LogP contribution >= 0.6 is 11.3 Å². The lowest BCUT2D eigenvalue weighted by atomic mass is 10.3. The SMILES string of the molecule is Cc1ccc(CNc2cccc(S(=O)(=O)N(C)C)c2)s1. The molecule has 20 heavy (non-hydrogen) atoms. The van der Waals surface area contributed by atoms with Gasteiger partial charge in [-0.1, -0.05) is 6.07 Å². The smallest absolute Gasteiger partial charge is 0.242 e. The maximum atomic E-state index is 12.1. The lowest BCUT2D eigenvalue weighted by molar-refractivity contribution is 0.521. The van der Waals surface area contributed by atoms with E-state index in [1.807, 2.05) is 6.07 Å². The van der Waals surface area contributed by atoms with Gasteiger partial charge in [0.15, 0.2) is 0 Å². The zero-order valence-corrected chi connectivity index (χ0v) is 13.4. The van der Waals surface area contributed by atoms with E-state index in [4.69, 9.17) is 0 Å². The first-order valence-electron chi connectivity index (χ1n) is 6.21. The summed E-state index contributed by atoms with van der Waals surface area (Å²) in [6.45, 7) is 2.77. The fourth-order valence-electron chi connectivity index (χ4n) is 1.75. The Balaban J connectivity index is 2.14. The highest BCUT2D eigenvalue weighted by atomic mass is 32.2. The number of rotatable bonds is 5. The normalized spacial score (nSPS) is 11.8. The predicted octanol–water partition coefficient (Wildman–Crippen LogP) is 2.92. The second-order valence-corrected chi connectivity index (χ2v) is 8.21. The third-order valence-electron chi connectivity index (χ3n) is 2.88. The van der Waals surface area contributed by atoms with Crippen molar-refractivity contribution in [1.82, 2.24) is 4.31 Å².